The lowest BCUT2D eigenvalue weighted by atomic mass is 9.82. The Morgan fingerprint density at radius 2 is 1.84 bits per heavy atom. The minimum Gasteiger partial charge on any atom is -0.463 e. The molecule has 1 atom stereocenters. The lowest BCUT2D eigenvalue weighted by Gasteiger charge is -2.27. The van der Waals surface area contributed by atoms with Crippen LogP contribution in [0, 0.1) is 10.1 Å². The number of fused-ring (bicyclic) bond motifs is 1. The molecule has 0 radical (unpaired) electrons. The molecule has 3 aromatic rings. The Kier molecular flexibility index (Phi) is 5.68. The predicted molar refractivity (Wildman–Crippen MR) is 120 cm³/mol. The van der Waals surface area contributed by atoms with Crippen LogP contribution in [0.5, 0.6) is 0 Å². The van der Waals surface area contributed by atoms with Crippen molar-refractivity contribution in [3.8, 4) is 11.3 Å². The molecule has 1 N–H and O–H groups in total. The Hall–Kier alpha value is -4.07. The number of carbonyl (C=O) groups excluding carboxylic acids is 1. The molecular weight excluding hydrogens is 408 g/mol. The highest BCUT2D eigenvalue weighted by Gasteiger charge is 2.41. The van der Waals surface area contributed by atoms with Crippen molar-refractivity contribution in [2.24, 2.45) is 0 Å². The molecule has 0 amide bonds. The summed E-state index contributed by atoms with van der Waals surface area (Å²) >= 11 is 0. The fraction of sp³-hybridized carbons (Fsp3) is 0.208. The van der Waals surface area contributed by atoms with Gasteiger partial charge in [-0.1, -0.05) is 42.5 Å². The Balaban J connectivity index is 1.99. The van der Waals surface area contributed by atoms with Crippen molar-refractivity contribution in [2.45, 2.75) is 26.7 Å². The molecule has 0 fully saturated rings. The van der Waals surface area contributed by atoms with Crippen LogP contribution in [0.2, 0.25) is 0 Å². The summed E-state index contributed by atoms with van der Waals surface area (Å²) in [7, 11) is 0. The Bertz CT molecular complexity index is 1280. The SMILES string of the molecule is CCOC(=O)C1=C(C)NC(C)=C([N+](=O)[O-])C1c1cccc2nnc(-c3ccccc3)cc12. The predicted octanol–water partition coefficient (Wildman–Crippen LogP) is 4.33. The Labute approximate surface area is 184 Å². The van der Waals surface area contributed by atoms with Gasteiger partial charge < -0.3 is 10.1 Å². The number of esters is 1. The van der Waals surface area contributed by atoms with Gasteiger partial charge in [-0.05, 0) is 38.5 Å². The molecular formula is C24H22N4O4. The number of nitrogens with zero attached hydrogens (tertiary/aromatic N) is 3. The Morgan fingerprint density at radius 3 is 2.53 bits per heavy atom. The number of benzene rings is 2. The van der Waals surface area contributed by atoms with Crippen LogP contribution >= 0.6 is 0 Å². The molecule has 4 rings (SSSR count). The van der Waals surface area contributed by atoms with Crippen molar-refractivity contribution in [1.82, 2.24) is 15.5 Å². The first kappa shape index (κ1) is 21.2. The summed E-state index contributed by atoms with van der Waals surface area (Å²) in [5.74, 6) is -1.50. The zero-order valence-electron chi connectivity index (χ0n) is 18.0. The molecule has 0 spiro atoms. The van der Waals surface area contributed by atoms with Crippen molar-refractivity contribution in [3.63, 3.8) is 0 Å². The number of ether oxygens (including phenoxy) is 1. The number of aromatic nitrogens is 2. The molecule has 0 saturated carbocycles. The summed E-state index contributed by atoms with van der Waals surface area (Å²) in [6.45, 7) is 5.23. The van der Waals surface area contributed by atoms with Gasteiger partial charge in [0.15, 0.2) is 0 Å². The maximum absolute atomic E-state index is 12.9. The first-order valence-electron chi connectivity index (χ1n) is 10.2. The molecule has 1 aliphatic rings. The second-order valence-electron chi connectivity index (χ2n) is 7.46. The monoisotopic (exact) mass is 430 g/mol. The topological polar surface area (TPSA) is 107 Å². The number of nitrogens with one attached hydrogen (secondary N) is 1. The molecule has 0 aliphatic carbocycles. The highest BCUT2D eigenvalue weighted by atomic mass is 16.6. The Morgan fingerprint density at radius 1 is 1.09 bits per heavy atom. The van der Waals surface area contributed by atoms with Crippen LogP contribution in [0.25, 0.3) is 22.2 Å². The maximum Gasteiger partial charge on any atom is 0.336 e. The van der Waals surface area contributed by atoms with Crippen molar-refractivity contribution in [2.75, 3.05) is 6.61 Å². The lowest BCUT2D eigenvalue weighted by Crippen LogP contribution is -2.31. The lowest BCUT2D eigenvalue weighted by molar-refractivity contribution is -0.431. The average Bonchev–Trinajstić information content (AvgIpc) is 2.78. The second kappa shape index (κ2) is 8.58. The standard InChI is InChI=1S/C24H22N4O4/c1-4-32-24(29)21-14(2)25-15(3)23(28(30)31)22(21)17-11-8-12-19-18(17)13-20(27-26-19)16-9-6-5-7-10-16/h5-13,22,25H,4H2,1-3H3. The zero-order valence-corrected chi connectivity index (χ0v) is 18.0. The third-order valence-electron chi connectivity index (χ3n) is 5.46. The highest BCUT2D eigenvalue weighted by molar-refractivity contribution is 5.95. The van der Waals surface area contributed by atoms with E-state index < -0.39 is 16.8 Å². The summed E-state index contributed by atoms with van der Waals surface area (Å²) in [6.07, 6.45) is 0. The molecule has 1 unspecified atom stereocenters. The summed E-state index contributed by atoms with van der Waals surface area (Å²) in [5.41, 5.74) is 3.74. The molecule has 0 bridgehead atoms. The average molecular weight is 430 g/mol. The van der Waals surface area contributed by atoms with Gasteiger partial charge in [0.05, 0.1) is 34.0 Å². The summed E-state index contributed by atoms with van der Waals surface area (Å²) in [5, 5.41) is 24.4. The number of hydrogen-bond donors (Lipinski definition) is 1. The van der Waals surface area contributed by atoms with Gasteiger partial charge in [-0.25, -0.2) is 4.79 Å². The van der Waals surface area contributed by atoms with E-state index in [1.165, 1.54) is 0 Å². The van der Waals surface area contributed by atoms with Gasteiger partial charge in [-0.15, -0.1) is 10.2 Å². The van der Waals surface area contributed by atoms with Crippen LogP contribution in [0.4, 0.5) is 0 Å². The van der Waals surface area contributed by atoms with Crippen LogP contribution in [0.15, 0.2) is 77.3 Å². The van der Waals surface area contributed by atoms with Crippen LogP contribution in [-0.4, -0.2) is 27.7 Å². The van der Waals surface area contributed by atoms with Crippen LogP contribution in [0.1, 0.15) is 32.3 Å². The molecule has 2 aromatic carbocycles. The third-order valence-corrected chi connectivity index (χ3v) is 5.46. The largest absolute Gasteiger partial charge is 0.463 e. The van der Waals surface area contributed by atoms with Crippen LogP contribution in [0.3, 0.4) is 0 Å². The van der Waals surface area contributed by atoms with E-state index in [-0.39, 0.29) is 17.9 Å². The van der Waals surface area contributed by atoms with Crippen molar-refractivity contribution < 1.29 is 14.5 Å². The van der Waals surface area contributed by atoms with E-state index in [4.69, 9.17) is 4.74 Å². The molecule has 1 aliphatic heterocycles. The number of nitro groups is 1. The van der Waals surface area contributed by atoms with Gasteiger partial charge in [0.25, 0.3) is 5.70 Å². The number of dihydropyridines is 1. The van der Waals surface area contributed by atoms with Crippen molar-refractivity contribution in [1.29, 1.82) is 0 Å². The van der Waals surface area contributed by atoms with Crippen molar-refractivity contribution >= 4 is 16.9 Å². The molecule has 32 heavy (non-hydrogen) atoms. The number of rotatable bonds is 5. The quantitative estimate of drug-likeness (QED) is 0.365. The second-order valence-corrected chi connectivity index (χ2v) is 7.46. The molecule has 1 aromatic heterocycles. The van der Waals surface area contributed by atoms with Gasteiger partial charge >= 0.3 is 5.97 Å². The normalized spacial score (nSPS) is 16.2. The first-order valence-corrected chi connectivity index (χ1v) is 10.2. The number of hydrogen-bond acceptors (Lipinski definition) is 7. The van der Waals surface area contributed by atoms with Gasteiger partial charge in [-0.2, -0.15) is 0 Å². The number of allylic oxidation sites excluding steroid dienone is 3. The molecule has 162 valence electrons. The molecule has 8 heteroatoms. The van der Waals surface area contributed by atoms with Gasteiger partial charge in [-0.3, -0.25) is 10.1 Å². The smallest absolute Gasteiger partial charge is 0.336 e. The van der Waals surface area contributed by atoms with Gasteiger partial charge in [0, 0.05) is 16.6 Å². The number of carbonyl (C=O) groups is 1. The van der Waals surface area contributed by atoms with E-state index in [0.717, 1.165) is 5.56 Å². The van der Waals surface area contributed by atoms with Crippen molar-refractivity contribution in [3.05, 3.63) is 92.9 Å². The van der Waals surface area contributed by atoms with E-state index in [9.17, 15) is 14.9 Å². The summed E-state index contributed by atoms with van der Waals surface area (Å²) < 4.78 is 5.26. The minimum atomic E-state index is -0.915. The zero-order chi connectivity index (χ0) is 22.8. The van der Waals surface area contributed by atoms with Crippen LogP contribution < -0.4 is 5.32 Å². The van der Waals surface area contributed by atoms with Gasteiger partial charge in [0.2, 0.25) is 0 Å². The minimum absolute atomic E-state index is 0.0933. The van der Waals surface area contributed by atoms with Gasteiger partial charge in [0.1, 0.15) is 5.92 Å². The van der Waals surface area contributed by atoms with Crippen LogP contribution in [-0.2, 0) is 9.53 Å². The first-order chi connectivity index (χ1) is 15.4. The highest BCUT2D eigenvalue weighted by Crippen LogP contribution is 2.41. The van der Waals surface area contributed by atoms with E-state index in [1.807, 2.05) is 36.4 Å². The van der Waals surface area contributed by atoms with E-state index >= 15 is 0 Å². The molecule has 8 nitrogen and oxygen atoms in total. The maximum atomic E-state index is 12.9. The fourth-order valence-corrected chi connectivity index (χ4v) is 4.10. The third kappa shape index (κ3) is 3.71. The molecule has 0 saturated heterocycles. The molecule has 2 heterocycles. The van der Waals surface area contributed by atoms with E-state index in [1.54, 1.807) is 39.0 Å². The summed E-state index contributed by atoms with van der Waals surface area (Å²) in [4.78, 5) is 24.6. The summed E-state index contributed by atoms with van der Waals surface area (Å²) in [6, 6.07) is 16.8. The van der Waals surface area contributed by atoms with E-state index in [2.05, 4.69) is 15.5 Å². The fourth-order valence-electron chi connectivity index (χ4n) is 4.10. The van der Waals surface area contributed by atoms with E-state index in [0.29, 0.717) is 33.6 Å².